The first kappa shape index (κ1) is 13.6. The largest absolute Gasteiger partial charge is 0.496 e. The summed E-state index contributed by atoms with van der Waals surface area (Å²) in [4.78, 5) is 0. The number of benzene rings is 2. The van der Waals surface area contributed by atoms with E-state index in [9.17, 15) is 5.11 Å². The molecule has 1 aromatic heterocycles. The Hall–Kier alpha value is -1.36. The fraction of sp³-hybridized carbons (Fsp3) is 0.125. The molecule has 4 heteroatoms. The molecule has 0 aliphatic rings. The monoisotopic (exact) mass is 348 g/mol. The maximum absolute atomic E-state index is 10.7. The molecule has 0 saturated carbocycles. The fourth-order valence-corrected chi connectivity index (χ4v) is 3.61. The van der Waals surface area contributed by atoms with Gasteiger partial charge in [0.15, 0.2) is 0 Å². The Labute approximate surface area is 129 Å². The van der Waals surface area contributed by atoms with Gasteiger partial charge in [0, 0.05) is 20.3 Å². The van der Waals surface area contributed by atoms with Gasteiger partial charge in [0.25, 0.3) is 0 Å². The molecule has 0 amide bonds. The Morgan fingerprint density at radius 2 is 1.95 bits per heavy atom. The van der Waals surface area contributed by atoms with Crippen molar-refractivity contribution in [1.29, 1.82) is 0 Å². The molecule has 0 spiro atoms. The van der Waals surface area contributed by atoms with E-state index in [0.29, 0.717) is 5.75 Å². The molecule has 2 nitrogen and oxygen atoms in total. The lowest BCUT2D eigenvalue weighted by Crippen LogP contribution is -2.01. The summed E-state index contributed by atoms with van der Waals surface area (Å²) in [6, 6.07) is 13.8. The van der Waals surface area contributed by atoms with Gasteiger partial charge < -0.3 is 9.84 Å². The summed E-state index contributed by atoms with van der Waals surface area (Å²) in [5.74, 6) is 0.683. The molecule has 1 N–H and O–H groups in total. The van der Waals surface area contributed by atoms with E-state index in [1.807, 2.05) is 41.8 Å². The van der Waals surface area contributed by atoms with Crippen molar-refractivity contribution in [2.75, 3.05) is 7.11 Å². The number of aliphatic hydroxyl groups excluding tert-OH is 1. The number of halogens is 1. The summed E-state index contributed by atoms with van der Waals surface area (Å²) < 4.78 is 7.48. The van der Waals surface area contributed by atoms with Gasteiger partial charge >= 0.3 is 0 Å². The molecule has 20 heavy (non-hydrogen) atoms. The SMILES string of the molecule is COc1cc(Br)ccc1C(O)c1csc2ccccc12. The number of aliphatic hydroxyl groups is 1. The van der Waals surface area contributed by atoms with Crippen molar-refractivity contribution in [3.63, 3.8) is 0 Å². The van der Waals surface area contributed by atoms with Crippen molar-refractivity contribution >= 4 is 37.4 Å². The molecule has 3 aromatic rings. The number of ether oxygens (including phenoxy) is 1. The van der Waals surface area contributed by atoms with Crippen molar-refractivity contribution in [3.8, 4) is 5.75 Å². The first-order chi connectivity index (χ1) is 9.70. The second kappa shape index (κ2) is 5.56. The fourth-order valence-electron chi connectivity index (χ4n) is 2.29. The molecule has 2 aromatic carbocycles. The van der Waals surface area contributed by atoms with Crippen molar-refractivity contribution in [3.05, 3.63) is 63.4 Å². The number of methoxy groups -OCH3 is 1. The topological polar surface area (TPSA) is 29.5 Å². The lowest BCUT2D eigenvalue weighted by Gasteiger charge is -2.15. The highest BCUT2D eigenvalue weighted by Crippen LogP contribution is 2.37. The number of thiophene rings is 1. The first-order valence-electron chi connectivity index (χ1n) is 6.18. The minimum absolute atomic E-state index is 0.683. The number of fused-ring (bicyclic) bond motifs is 1. The first-order valence-corrected chi connectivity index (χ1v) is 7.85. The number of hydrogen-bond acceptors (Lipinski definition) is 3. The zero-order valence-corrected chi connectivity index (χ0v) is 13.2. The molecule has 1 unspecified atom stereocenters. The summed E-state index contributed by atoms with van der Waals surface area (Å²) in [7, 11) is 1.61. The Kier molecular flexibility index (Phi) is 3.78. The van der Waals surface area contributed by atoms with Gasteiger partial charge in [-0.3, -0.25) is 0 Å². The average molecular weight is 349 g/mol. The van der Waals surface area contributed by atoms with Gasteiger partial charge in [-0.05, 0) is 29.0 Å². The van der Waals surface area contributed by atoms with Crippen LogP contribution < -0.4 is 4.74 Å². The van der Waals surface area contributed by atoms with Crippen molar-refractivity contribution in [1.82, 2.24) is 0 Å². The molecule has 0 radical (unpaired) electrons. The van der Waals surface area contributed by atoms with Gasteiger partial charge in [-0.2, -0.15) is 0 Å². The normalized spacial score (nSPS) is 12.6. The molecule has 1 heterocycles. The van der Waals surface area contributed by atoms with Crippen LogP contribution >= 0.6 is 27.3 Å². The van der Waals surface area contributed by atoms with Gasteiger partial charge in [0.2, 0.25) is 0 Å². The van der Waals surface area contributed by atoms with Crippen LogP contribution in [0.4, 0.5) is 0 Å². The average Bonchev–Trinajstić information content (AvgIpc) is 2.90. The van der Waals surface area contributed by atoms with E-state index in [2.05, 4.69) is 22.0 Å². The summed E-state index contributed by atoms with van der Waals surface area (Å²) in [5.41, 5.74) is 1.70. The van der Waals surface area contributed by atoms with Crippen molar-refractivity contribution in [2.24, 2.45) is 0 Å². The molecule has 0 saturated heterocycles. The van der Waals surface area contributed by atoms with Gasteiger partial charge in [0.1, 0.15) is 11.9 Å². The molecule has 0 aliphatic carbocycles. The van der Waals surface area contributed by atoms with E-state index in [4.69, 9.17) is 4.74 Å². The lowest BCUT2D eigenvalue weighted by molar-refractivity contribution is 0.216. The summed E-state index contributed by atoms with van der Waals surface area (Å²) in [6.45, 7) is 0. The van der Waals surface area contributed by atoms with Gasteiger partial charge in [-0.15, -0.1) is 11.3 Å². The molecular weight excluding hydrogens is 336 g/mol. The van der Waals surface area contributed by atoms with Crippen LogP contribution in [0, 0.1) is 0 Å². The van der Waals surface area contributed by atoms with Crippen LogP contribution in [0.2, 0.25) is 0 Å². The second-order valence-corrected chi connectivity index (χ2v) is 6.30. The number of hydrogen-bond donors (Lipinski definition) is 1. The zero-order valence-electron chi connectivity index (χ0n) is 10.8. The minimum Gasteiger partial charge on any atom is -0.496 e. The summed E-state index contributed by atoms with van der Waals surface area (Å²) in [6.07, 6.45) is -0.686. The van der Waals surface area contributed by atoms with Gasteiger partial charge in [0.05, 0.1) is 7.11 Å². The highest BCUT2D eigenvalue weighted by atomic mass is 79.9. The third-order valence-electron chi connectivity index (χ3n) is 3.30. The van der Waals surface area contributed by atoms with Crippen LogP contribution in [0.3, 0.4) is 0 Å². The maximum atomic E-state index is 10.7. The molecule has 0 fully saturated rings. The molecule has 0 aliphatic heterocycles. The Bertz CT molecular complexity index is 751. The molecule has 3 rings (SSSR count). The molecule has 102 valence electrons. The van der Waals surface area contributed by atoms with E-state index in [-0.39, 0.29) is 0 Å². The maximum Gasteiger partial charge on any atom is 0.126 e. The highest BCUT2D eigenvalue weighted by molar-refractivity contribution is 9.10. The predicted molar refractivity (Wildman–Crippen MR) is 86.6 cm³/mol. The highest BCUT2D eigenvalue weighted by Gasteiger charge is 2.18. The summed E-state index contributed by atoms with van der Waals surface area (Å²) >= 11 is 5.06. The van der Waals surface area contributed by atoms with Gasteiger partial charge in [-0.25, -0.2) is 0 Å². The Balaban J connectivity index is 2.10. The van der Waals surface area contributed by atoms with E-state index in [1.54, 1.807) is 18.4 Å². The van der Waals surface area contributed by atoms with E-state index in [0.717, 1.165) is 21.0 Å². The van der Waals surface area contributed by atoms with E-state index >= 15 is 0 Å². The van der Waals surface area contributed by atoms with Gasteiger partial charge in [-0.1, -0.05) is 40.2 Å². The van der Waals surface area contributed by atoms with Crippen LogP contribution in [0.5, 0.6) is 5.75 Å². The predicted octanol–water partition coefficient (Wildman–Crippen LogP) is 4.75. The van der Waals surface area contributed by atoms with Crippen LogP contribution in [-0.4, -0.2) is 12.2 Å². The Morgan fingerprint density at radius 3 is 2.75 bits per heavy atom. The zero-order chi connectivity index (χ0) is 14.1. The lowest BCUT2D eigenvalue weighted by atomic mass is 10.00. The van der Waals surface area contributed by atoms with Crippen molar-refractivity contribution in [2.45, 2.75) is 6.10 Å². The van der Waals surface area contributed by atoms with Crippen molar-refractivity contribution < 1.29 is 9.84 Å². The standard InChI is InChI=1S/C16H13BrO2S/c1-19-14-8-10(17)6-7-12(14)16(18)13-9-20-15-5-3-2-4-11(13)15/h2-9,16,18H,1H3. The van der Waals surface area contributed by atoms with Crippen LogP contribution in [-0.2, 0) is 0 Å². The third kappa shape index (κ3) is 2.35. The van der Waals surface area contributed by atoms with Crippen LogP contribution in [0.15, 0.2) is 52.3 Å². The van der Waals surface area contributed by atoms with Crippen LogP contribution in [0.25, 0.3) is 10.1 Å². The molecular formula is C16H13BrO2S. The minimum atomic E-state index is -0.686. The smallest absolute Gasteiger partial charge is 0.126 e. The summed E-state index contributed by atoms with van der Waals surface area (Å²) in [5, 5.41) is 13.8. The number of rotatable bonds is 3. The quantitative estimate of drug-likeness (QED) is 0.739. The third-order valence-corrected chi connectivity index (χ3v) is 4.77. The molecule has 0 bridgehead atoms. The van der Waals surface area contributed by atoms with E-state index < -0.39 is 6.10 Å². The van der Waals surface area contributed by atoms with E-state index in [1.165, 1.54) is 4.70 Å². The Morgan fingerprint density at radius 1 is 1.15 bits per heavy atom. The second-order valence-electron chi connectivity index (χ2n) is 4.48. The molecule has 1 atom stereocenters. The van der Waals surface area contributed by atoms with Crippen LogP contribution in [0.1, 0.15) is 17.2 Å².